The zero-order chi connectivity index (χ0) is 19.6. The summed E-state index contributed by atoms with van der Waals surface area (Å²) in [6.45, 7) is 2.72. The van der Waals surface area contributed by atoms with Gasteiger partial charge in [-0.2, -0.15) is 0 Å². The summed E-state index contributed by atoms with van der Waals surface area (Å²) in [6.07, 6.45) is 0.885. The van der Waals surface area contributed by atoms with Crippen molar-refractivity contribution in [3.63, 3.8) is 0 Å². The number of likely N-dealkylation sites (tertiary alicyclic amines) is 1. The molecule has 0 saturated carbocycles. The van der Waals surface area contributed by atoms with Crippen LogP contribution in [0.25, 0.3) is 0 Å². The second kappa shape index (κ2) is 7.56. The molecule has 1 aliphatic rings. The lowest BCUT2D eigenvalue weighted by Crippen LogP contribution is -2.58. The largest absolute Gasteiger partial charge is 0.487 e. The zero-order valence-electron chi connectivity index (χ0n) is 15.3. The molecule has 1 saturated heterocycles. The second-order valence-electron chi connectivity index (χ2n) is 6.47. The number of hydrogen-bond acceptors (Lipinski definition) is 5. The number of aromatic nitrogens is 2. The molecule has 0 spiro atoms. The number of nitrogens with one attached hydrogen (secondary N) is 1. The lowest BCUT2D eigenvalue weighted by Gasteiger charge is -2.40. The first kappa shape index (κ1) is 18.6. The minimum atomic E-state index is -0.486. The van der Waals surface area contributed by atoms with Gasteiger partial charge >= 0.3 is 6.03 Å². The summed E-state index contributed by atoms with van der Waals surface area (Å²) in [7, 11) is 3.40. The molecule has 0 bridgehead atoms. The van der Waals surface area contributed by atoms with Crippen molar-refractivity contribution in [1.29, 1.82) is 0 Å². The molecule has 2 aromatic rings. The van der Waals surface area contributed by atoms with Crippen molar-refractivity contribution in [2.24, 2.45) is 0 Å². The van der Waals surface area contributed by atoms with Crippen molar-refractivity contribution >= 4 is 17.8 Å². The predicted molar refractivity (Wildman–Crippen MR) is 96.2 cm³/mol. The van der Waals surface area contributed by atoms with Crippen LogP contribution in [0.5, 0.6) is 5.75 Å². The Labute approximate surface area is 156 Å². The zero-order valence-corrected chi connectivity index (χ0v) is 15.3. The highest BCUT2D eigenvalue weighted by molar-refractivity contribution is 6.02. The minimum absolute atomic E-state index is 0.0624. The molecule has 0 unspecified atom stereocenters. The van der Waals surface area contributed by atoms with Crippen molar-refractivity contribution in [2.75, 3.05) is 32.5 Å². The number of ether oxygens (including phenoxy) is 1. The lowest BCUT2D eigenvalue weighted by molar-refractivity contribution is 0.0355. The molecular formula is C18H20FN5O3. The van der Waals surface area contributed by atoms with Crippen LogP contribution in [0.2, 0.25) is 0 Å². The summed E-state index contributed by atoms with van der Waals surface area (Å²) in [5.41, 5.74) is 0.780. The van der Waals surface area contributed by atoms with Gasteiger partial charge in [-0.15, -0.1) is 0 Å². The molecule has 1 fully saturated rings. The SMILES string of the molecule is Cc1cc(OC2CN(C(=O)N(C)C)C2)cc(C(=O)Nc2ccc(F)cn2)n1. The van der Waals surface area contributed by atoms with E-state index in [4.69, 9.17) is 4.74 Å². The van der Waals surface area contributed by atoms with Gasteiger partial charge in [0.1, 0.15) is 29.2 Å². The van der Waals surface area contributed by atoms with Crippen molar-refractivity contribution in [3.8, 4) is 5.75 Å². The van der Waals surface area contributed by atoms with Gasteiger partial charge in [-0.25, -0.2) is 19.2 Å². The highest BCUT2D eigenvalue weighted by atomic mass is 19.1. The summed E-state index contributed by atoms with van der Waals surface area (Å²) in [4.78, 5) is 35.4. The van der Waals surface area contributed by atoms with Crippen LogP contribution in [-0.2, 0) is 0 Å². The van der Waals surface area contributed by atoms with Gasteiger partial charge in [-0.3, -0.25) is 4.79 Å². The Morgan fingerprint density at radius 2 is 2.04 bits per heavy atom. The van der Waals surface area contributed by atoms with Crippen LogP contribution >= 0.6 is 0 Å². The fourth-order valence-corrected chi connectivity index (χ4v) is 2.60. The molecule has 8 nitrogen and oxygen atoms in total. The fraction of sp³-hybridized carbons (Fsp3) is 0.333. The third kappa shape index (κ3) is 4.49. The number of nitrogens with zero attached hydrogens (tertiary/aromatic N) is 4. The topological polar surface area (TPSA) is 87.7 Å². The standard InChI is InChI=1S/C18H20FN5O3/c1-11-6-13(27-14-9-24(10-14)18(26)23(2)3)7-15(21-11)17(25)22-16-5-4-12(19)8-20-16/h4-8,14H,9-10H2,1-3H3,(H,20,22,25). The van der Waals surface area contributed by atoms with E-state index in [1.54, 1.807) is 32.0 Å². The monoisotopic (exact) mass is 373 g/mol. The van der Waals surface area contributed by atoms with Gasteiger partial charge in [0, 0.05) is 31.9 Å². The Hall–Kier alpha value is -3.23. The number of hydrogen-bond donors (Lipinski definition) is 1. The van der Waals surface area contributed by atoms with E-state index in [1.807, 2.05) is 0 Å². The molecule has 3 heterocycles. The predicted octanol–water partition coefficient (Wildman–Crippen LogP) is 1.92. The third-order valence-electron chi connectivity index (χ3n) is 3.93. The molecule has 1 N–H and O–H groups in total. The summed E-state index contributed by atoms with van der Waals surface area (Å²) >= 11 is 0. The quantitative estimate of drug-likeness (QED) is 0.885. The van der Waals surface area contributed by atoms with Crippen molar-refractivity contribution in [1.82, 2.24) is 19.8 Å². The normalized spacial score (nSPS) is 13.7. The first-order chi connectivity index (χ1) is 12.8. The number of halogens is 1. The van der Waals surface area contributed by atoms with E-state index in [1.165, 1.54) is 23.1 Å². The summed E-state index contributed by atoms with van der Waals surface area (Å²) < 4.78 is 18.8. The van der Waals surface area contributed by atoms with E-state index < -0.39 is 11.7 Å². The van der Waals surface area contributed by atoms with Gasteiger partial charge in [0.25, 0.3) is 5.91 Å². The Kier molecular flexibility index (Phi) is 5.20. The van der Waals surface area contributed by atoms with Crippen LogP contribution in [0.3, 0.4) is 0 Å². The number of amides is 3. The fourth-order valence-electron chi connectivity index (χ4n) is 2.60. The average Bonchev–Trinajstić information content (AvgIpc) is 2.58. The molecule has 2 aromatic heterocycles. The van der Waals surface area contributed by atoms with Gasteiger partial charge in [0.2, 0.25) is 0 Å². The molecule has 0 radical (unpaired) electrons. The molecule has 0 aromatic carbocycles. The van der Waals surface area contributed by atoms with Gasteiger partial charge in [0.15, 0.2) is 0 Å². The number of aryl methyl sites for hydroxylation is 1. The second-order valence-corrected chi connectivity index (χ2v) is 6.47. The maximum atomic E-state index is 12.9. The molecule has 142 valence electrons. The molecule has 0 aliphatic carbocycles. The van der Waals surface area contributed by atoms with E-state index in [0.29, 0.717) is 24.5 Å². The van der Waals surface area contributed by atoms with Gasteiger partial charge < -0.3 is 19.9 Å². The minimum Gasteiger partial charge on any atom is -0.487 e. The highest BCUT2D eigenvalue weighted by Crippen LogP contribution is 2.21. The lowest BCUT2D eigenvalue weighted by atomic mass is 10.2. The van der Waals surface area contributed by atoms with Crippen LogP contribution in [0.1, 0.15) is 16.2 Å². The van der Waals surface area contributed by atoms with Crippen LogP contribution in [0, 0.1) is 12.7 Å². The van der Waals surface area contributed by atoms with E-state index in [2.05, 4.69) is 15.3 Å². The summed E-state index contributed by atoms with van der Waals surface area (Å²) in [6, 6.07) is 5.77. The van der Waals surface area contributed by atoms with Crippen LogP contribution < -0.4 is 10.1 Å². The number of urea groups is 1. The maximum Gasteiger partial charge on any atom is 0.319 e. The number of carbonyl (C=O) groups excluding carboxylic acids is 2. The number of pyridine rings is 2. The number of anilines is 1. The Bertz CT molecular complexity index is 851. The molecule has 3 rings (SSSR count). The van der Waals surface area contributed by atoms with Gasteiger partial charge in [-0.1, -0.05) is 0 Å². The van der Waals surface area contributed by atoms with Crippen LogP contribution in [-0.4, -0.2) is 65.0 Å². The molecular weight excluding hydrogens is 353 g/mol. The smallest absolute Gasteiger partial charge is 0.319 e. The van der Waals surface area contributed by atoms with E-state index in [9.17, 15) is 14.0 Å². The van der Waals surface area contributed by atoms with E-state index in [-0.39, 0.29) is 23.6 Å². The van der Waals surface area contributed by atoms with Crippen molar-refractivity contribution in [3.05, 3.63) is 47.7 Å². The molecule has 9 heteroatoms. The van der Waals surface area contributed by atoms with Crippen LogP contribution in [0.4, 0.5) is 15.0 Å². The Morgan fingerprint density at radius 3 is 2.67 bits per heavy atom. The van der Waals surface area contributed by atoms with Gasteiger partial charge in [0.05, 0.1) is 19.3 Å². The van der Waals surface area contributed by atoms with E-state index in [0.717, 1.165) is 6.20 Å². The van der Waals surface area contributed by atoms with Crippen LogP contribution in [0.15, 0.2) is 30.5 Å². The number of rotatable bonds is 4. The molecule has 1 aliphatic heterocycles. The summed E-state index contributed by atoms with van der Waals surface area (Å²) in [5.74, 6) is -0.231. The molecule has 27 heavy (non-hydrogen) atoms. The Morgan fingerprint density at radius 1 is 1.30 bits per heavy atom. The molecule has 0 atom stereocenters. The first-order valence-corrected chi connectivity index (χ1v) is 8.36. The van der Waals surface area contributed by atoms with E-state index >= 15 is 0 Å². The molecule has 3 amide bonds. The number of carbonyl (C=O) groups is 2. The average molecular weight is 373 g/mol. The van der Waals surface area contributed by atoms with Gasteiger partial charge in [-0.05, 0) is 19.1 Å². The first-order valence-electron chi connectivity index (χ1n) is 8.36. The maximum absolute atomic E-state index is 12.9. The third-order valence-corrected chi connectivity index (χ3v) is 3.93. The van der Waals surface area contributed by atoms with Crippen molar-refractivity contribution < 1.29 is 18.7 Å². The highest BCUT2D eigenvalue weighted by Gasteiger charge is 2.33. The van der Waals surface area contributed by atoms with Crippen molar-refractivity contribution in [2.45, 2.75) is 13.0 Å². The summed E-state index contributed by atoms with van der Waals surface area (Å²) in [5, 5.41) is 2.56. The Balaban J connectivity index is 1.63.